The van der Waals surface area contributed by atoms with Gasteiger partial charge in [0, 0.05) is 24.0 Å². The normalized spacial score (nSPS) is 23.7. The molecule has 1 aromatic carbocycles. The maximum absolute atomic E-state index is 6.41. The second-order valence-corrected chi connectivity index (χ2v) is 8.53. The van der Waals surface area contributed by atoms with Gasteiger partial charge in [0.05, 0.1) is 11.7 Å². The average Bonchev–Trinajstić information content (AvgIpc) is 3.47. The number of hydrogen-bond donors (Lipinski definition) is 2. The standard InChI is InChI=1S/C21H34N4S/c1-3-14-25(15-16-12-13-16)21(23-18-9-5-4-8-17(18)22)24-19-10-6-7-11-20(19)26-2/h6-7,10-11,16-18H,3-5,8-9,12-15,22H2,1-2H3,(H,23,24)/t17-,18-/m0/s1. The summed E-state index contributed by atoms with van der Waals surface area (Å²) < 4.78 is 0. The lowest BCUT2D eigenvalue weighted by atomic mass is 9.91. The number of guanidine groups is 1. The predicted molar refractivity (Wildman–Crippen MR) is 114 cm³/mol. The molecule has 0 radical (unpaired) electrons. The fourth-order valence-corrected chi connectivity index (χ4v) is 4.24. The van der Waals surface area contributed by atoms with Crippen LogP contribution < -0.4 is 11.1 Å². The molecule has 144 valence electrons. The van der Waals surface area contributed by atoms with E-state index in [1.807, 2.05) is 0 Å². The van der Waals surface area contributed by atoms with Crippen molar-refractivity contribution in [2.24, 2.45) is 16.6 Å². The summed E-state index contributed by atoms with van der Waals surface area (Å²) in [6.45, 7) is 4.41. The maximum atomic E-state index is 6.41. The lowest BCUT2D eigenvalue weighted by Crippen LogP contribution is -2.43. The molecule has 0 aliphatic heterocycles. The smallest absolute Gasteiger partial charge is 0.198 e. The van der Waals surface area contributed by atoms with Crippen LogP contribution in [0.3, 0.4) is 0 Å². The monoisotopic (exact) mass is 374 g/mol. The third-order valence-electron chi connectivity index (χ3n) is 5.39. The second kappa shape index (κ2) is 9.65. The van der Waals surface area contributed by atoms with Crippen molar-refractivity contribution in [3.63, 3.8) is 0 Å². The number of nitrogens with one attached hydrogen (secondary N) is 1. The molecule has 0 amide bonds. The third-order valence-corrected chi connectivity index (χ3v) is 6.19. The van der Waals surface area contributed by atoms with Gasteiger partial charge < -0.3 is 16.0 Å². The van der Waals surface area contributed by atoms with E-state index >= 15 is 0 Å². The summed E-state index contributed by atoms with van der Waals surface area (Å²) >= 11 is 1.77. The number of rotatable bonds is 7. The van der Waals surface area contributed by atoms with E-state index in [9.17, 15) is 0 Å². The topological polar surface area (TPSA) is 53.6 Å². The molecule has 5 heteroatoms. The van der Waals surface area contributed by atoms with Crippen LogP contribution >= 0.6 is 11.8 Å². The van der Waals surface area contributed by atoms with Crippen LogP contribution in [0.4, 0.5) is 5.69 Å². The van der Waals surface area contributed by atoms with E-state index in [0.717, 1.165) is 49.9 Å². The first kappa shape index (κ1) is 19.6. The summed E-state index contributed by atoms with van der Waals surface area (Å²) in [6.07, 6.45) is 10.7. The molecule has 0 saturated heterocycles. The Morgan fingerprint density at radius 2 is 2.00 bits per heavy atom. The van der Waals surface area contributed by atoms with Crippen molar-refractivity contribution in [3.8, 4) is 0 Å². The Bertz CT molecular complexity index is 599. The average molecular weight is 375 g/mol. The van der Waals surface area contributed by atoms with Crippen LogP contribution in [0.15, 0.2) is 34.2 Å². The van der Waals surface area contributed by atoms with Crippen LogP contribution in [0.25, 0.3) is 0 Å². The highest BCUT2D eigenvalue weighted by atomic mass is 32.2. The number of anilines is 1. The van der Waals surface area contributed by atoms with Crippen LogP contribution in [-0.4, -0.2) is 42.3 Å². The SMILES string of the molecule is CCCN(CC1CC1)C(=N[C@H]1CCCC[C@@H]1N)Nc1ccccc1SC. The van der Waals surface area contributed by atoms with Gasteiger partial charge in [0.25, 0.3) is 0 Å². The molecule has 0 spiro atoms. The lowest BCUT2D eigenvalue weighted by Gasteiger charge is -2.31. The summed E-state index contributed by atoms with van der Waals surface area (Å²) in [6, 6.07) is 8.95. The van der Waals surface area contributed by atoms with Crippen LogP contribution in [0.5, 0.6) is 0 Å². The maximum Gasteiger partial charge on any atom is 0.198 e. The van der Waals surface area contributed by atoms with Crippen molar-refractivity contribution in [2.75, 3.05) is 24.7 Å². The molecular weight excluding hydrogens is 340 g/mol. The third kappa shape index (κ3) is 5.40. The molecule has 2 aliphatic carbocycles. The largest absolute Gasteiger partial charge is 0.342 e. The Hall–Kier alpha value is -1.20. The summed E-state index contributed by atoms with van der Waals surface area (Å²) in [5.41, 5.74) is 7.56. The van der Waals surface area contributed by atoms with Crippen molar-refractivity contribution >= 4 is 23.4 Å². The molecule has 2 aliphatic rings. The van der Waals surface area contributed by atoms with Gasteiger partial charge >= 0.3 is 0 Å². The van der Waals surface area contributed by atoms with E-state index in [4.69, 9.17) is 10.7 Å². The predicted octanol–water partition coefficient (Wildman–Crippen LogP) is 4.57. The summed E-state index contributed by atoms with van der Waals surface area (Å²) in [7, 11) is 0. The van der Waals surface area contributed by atoms with Gasteiger partial charge in [-0.05, 0) is 56.4 Å². The minimum atomic E-state index is 0.195. The minimum absolute atomic E-state index is 0.195. The molecular formula is C21H34N4S. The molecule has 2 fully saturated rings. The van der Waals surface area contributed by atoms with Crippen LogP contribution in [0.1, 0.15) is 51.9 Å². The first-order valence-corrected chi connectivity index (χ1v) is 11.4. The van der Waals surface area contributed by atoms with Gasteiger partial charge in [-0.25, -0.2) is 4.99 Å². The van der Waals surface area contributed by atoms with E-state index in [-0.39, 0.29) is 12.1 Å². The summed E-state index contributed by atoms with van der Waals surface area (Å²) in [4.78, 5) is 8.91. The molecule has 26 heavy (non-hydrogen) atoms. The van der Waals surface area contributed by atoms with Gasteiger partial charge in [-0.15, -0.1) is 11.8 Å². The molecule has 2 saturated carbocycles. The van der Waals surface area contributed by atoms with Crippen molar-refractivity contribution in [2.45, 2.75) is 68.8 Å². The van der Waals surface area contributed by atoms with E-state index in [0.29, 0.717) is 0 Å². The zero-order chi connectivity index (χ0) is 18.4. The number of nitrogens with zero attached hydrogens (tertiary/aromatic N) is 2. The number of hydrogen-bond acceptors (Lipinski definition) is 3. The summed E-state index contributed by atoms with van der Waals surface area (Å²) in [5.74, 6) is 1.87. The highest BCUT2D eigenvalue weighted by Crippen LogP contribution is 2.31. The van der Waals surface area contributed by atoms with E-state index in [2.05, 4.69) is 47.7 Å². The van der Waals surface area contributed by atoms with Gasteiger partial charge in [0.1, 0.15) is 0 Å². The number of thioether (sulfide) groups is 1. The number of aliphatic imine (C=N–C) groups is 1. The molecule has 1 aromatic rings. The van der Waals surface area contributed by atoms with Crippen LogP contribution in [0, 0.1) is 5.92 Å². The van der Waals surface area contributed by atoms with Crippen molar-refractivity contribution in [1.82, 2.24) is 4.90 Å². The van der Waals surface area contributed by atoms with Gasteiger partial charge in [-0.1, -0.05) is 31.9 Å². The second-order valence-electron chi connectivity index (χ2n) is 7.68. The minimum Gasteiger partial charge on any atom is -0.342 e. The zero-order valence-corrected chi connectivity index (χ0v) is 17.1. The Morgan fingerprint density at radius 1 is 1.23 bits per heavy atom. The highest BCUT2D eigenvalue weighted by molar-refractivity contribution is 7.98. The van der Waals surface area contributed by atoms with Crippen LogP contribution in [-0.2, 0) is 0 Å². The van der Waals surface area contributed by atoms with Crippen molar-refractivity contribution in [3.05, 3.63) is 24.3 Å². The Kier molecular flexibility index (Phi) is 7.26. The Balaban J connectivity index is 1.85. The van der Waals surface area contributed by atoms with Crippen LogP contribution in [0.2, 0.25) is 0 Å². The Labute approximate surface area is 163 Å². The van der Waals surface area contributed by atoms with Gasteiger partial charge in [-0.3, -0.25) is 0 Å². The number of benzene rings is 1. The highest BCUT2D eigenvalue weighted by Gasteiger charge is 2.28. The fourth-order valence-electron chi connectivity index (χ4n) is 3.68. The molecule has 3 rings (SSSR count). The first-order valence-electron chi connectivity index (χ1n) is 10.2. The number of para-hydroxylation sites is 1. The van der Waals surface area contributed by atoms with Gasteiger partial charge in [0.2, 0.25) is 0 Å². The van der Waals surface area contributed by atoms with Crippen molar-refractivity contribution < 1.29 is 0 Å². The molecule has 4 nitrogen and oxygen atoms in total. The molecule has 0 aromatic heterocycles. The fraction of sp³-hybridized carbons (Fsp3) is 0.667. The molecule has 3 N–H and O–H groups in total. The van der Waals surface area contributed by atoms with Crippen molar-refractivity contribution in [1.29, 1.82) is 0 Å². The zero-order valence-electron chi connectivity index (χ0n) is 16.3. The molecule has 0 unspecified atom stereocenters. The quantitative estimate of drug-likeness (QED) is 0.417. The molecule has 0 heterocycles. The van der Waals surface area contributed by atoms with E-state index < -0.39 is 0 Å². The first-order chi connectivity index (χ1) is 12.7. The van der Waals surface area contributed by atoms with E-state index in [1.54, 1.807) is 11.8 Å². The van der Waals surface area contributed by atoms with E-state index in [1.165, 1.54) is 30.6 Å². The summed E-state index contributed by atoms with van der Waals surface area (Å²) in [5, 5.41) is 3.68. The number of nitrogens with two attached hydrogens (primary N) is 1. The molecule has 0 bridgehead atoms. The lowest BCUT2D eigenvalue weighted by molar-refractivity contribution is 0.366. The van der Waals surface area contributed by atoms with Gasteiger partial charge in [0.15, 0.2) is 5.96 Å². The van der Waals surface area contributed by atoms with Gasteiger partial charge in [-0.2, -0.15) is 0 Å². The Morgan fingerprint density at radius 3 is 2.69 bits per heavy atom. The molecule has 2 atom stereocenters.